The highest BCUT2D eigenvalue weighted by molar-refractivity contribution is 6.02. The summed E-state index contributed by atoms with van der Waals surface area (Å²) in [5.41, 5.74) is 16.3. The predicted molar refractivity (Wildman–Crippen MR) is 157 cm³/mol. The highest BCUT2D eigenvalue weighted by Gasteiger charge is 2.41. The van der Waals surface area contributed by atoms with E-state index in [4.69, 9.17) is 30.4 Å². The van der Waals surface area contributed by atoms with Gasteiger partial charge in [0.1, 0.15) is 22.6 Å². The molecule has 0 fully saturated rings. The second-order valence-electron chi connectivity index (χ2n) is 9.94. The molecule has 0 spiro atoms. The maximum absolute atomic E-state index is 13.4. The monoisotopic (exact) mass is 562 g/mol. The molecule has 2 unspecified atom stereocenters. The highest BCUT2D eigenvalue weighted by Crippen LogP contribution is 2.52. The number of carbonyl (C=O) groups excluding carboxylic acids is 2. The van der Waals surface area contributed by atoms with Crippen molar-refractivity contribution in [3.8, 4) is 11.5 Å². The van der Waals surface area contributed by atoms with E-state index in [9.17, 15) is 9.59 Å². The summed E-state index contributed by atoms with van der Waals surface area (Å²) in [6.07, 6.45) is 0. The van der Waals surface area contributed by atoms with Crippen LogP contribution >= 0.6 is 0 Å². The molecule has 4 aromatic carbocycles. The molecule has 0 bridgehead atoms. The normalized spacial score (nSPS) is 17.6. The number of rotatable bonds is 6. The van der Waals surface area contributed by atoms with E-state index in [1.54, 1.807) is 13.8 Å². The number of benzene rings is 4. The summed E-state index contributed by atoms with van der Waals surface area (Å²) in [6.45, 7) is 3.83. The number of esters is 2. The van der Waals surface area contributed by atoms with Crippen LogP contribution < -0.4 is 20.9 Å². The molecule has 4 aromatic rings. The maximum Gasteiger partial charge on any atom is 0.340 e. The first-order valence-corrected chi connectivity index (χ1v) is 13.8. The van der Waals surface area contributed by atoms with E-state index >= 15 is 0 Å². The molecule has 6 rings (SSSR count). The first-order chi connectivity index (χ1) is 20.4. The Morgan fingerprint density at radius 1 is 0.643 bits per heavy atom. The molecule has 42 heavy (non-hydrogen) atoms. The summed E-state index contributed by atoms with van der Waals surface area (Å²) < 4.78 is 23.2. The van der Waals surface area contributed by atoms with Crippen LogP contribution in [0.2, 0.25) is 0 Å². The first kappa shape index (κ1) is 27.0. The van der Waals surface area contributed by atoms with Gasteiger partial charge in [-0.05, 0) is 47.9 Å². The molecule has 212 valence electrons. The highest BCUT2D eigenvalue weighted by atomic mass is 16.5. The van der Waals surface area contributed by atoms with Crippen LogP contribution in [0.1, 0.15) is 47.9 Å². The zero-order valence-corrected chi connectivity index (χ0v) is 23.3. The molecule has 8 nitrogen and oxygen atoms in total. The molecule has 8 heteroatoms. The van der Waals surface area contributed by atoms with E-state index in [1.807, 2.05) is 84.9 Å². The molecule has 0 radical (unpaired) electrons. The molecule has 0 amide bonds. The summed E-state index contributed by atoms with van der Waals surface area (Å²) in [4.78, 5) is 26.8. The Labute approximate surface area is 243 Å². The summed E-state index contributed by atoms with van der Waals surface area (Å²) in [7, 11) is 0. The average Bonchev–Trinajstić information content (AvgIpc) is 3.00. The van der Waals surface area contributed by atoms with Crippen LogP contribution in [-0.4, -0.2) is 25.2 Å². The third-order valence-corrected chi connectivity index (χ3v) is 7.57. The van der Waals surface area contributed by atoms with Crippen LogP contribution in [0, 0.1) is 0 Å². The lowest BCUT2D eigenvalue weighted by Gasteiger charge is -2.34. The molecule has 2 aliphatic rings. The second kappa shape index (κ2) is 11.0. The fourth-order valence-corrected chi connectivity index (χ4v) is 5.92. The summed E-state index contributed by atoms with van der Waals surface area (Å²) in [5.74, 6) is -1.46. The molecule has 0 saturated carbocycles. The van der Waals surface area contributed by atoms with Crippen LogP contribution in [0.25, 0.3) is 10.8 Å². The molecule has 2 atom stereocenters. The maximum atomic E-state index is 13.4. The molecule has 0 saturated heterocycles. The third kappa shape index (κ3) is 4.41. The first-order valence-electron chi connectivity index (χ1n) is 13.8. The lowest BCUT2D eigenvalue weighted by atomic mass is 9.75. The van der Waals surface area contributed by atoms with Crippen LogP contribution in [0.5, 0.6) is 11.5 Å². The van der Waals surface area contributed by atoms with Gasteiger partial charge in [-0.15, -0.1) is 0 Å². The van der Waals surface area contributed by atoms with Crippen molar-refractivity contribution < 1.29 is 28.5 Å². The fraction of sp³-hybridized carbons (Fsp3) is 0.176. The number of ether oxygens (including phenoxy) is 4. The van der Waals surface area contributed by atoms with E-state index in [0.717, 1.165) is 21.9 Å². The van der Waals surface area contributed by atoms with Gasteiger partial charge in [-0.1, -0.05) is 72.8 Å². The van der Waals surface area contributed by atoms with Gasteiger partial charge in [0.15, 0.2) is 0 Å². The summed E-state index contributed by atoms with van der Waals surface area (Å²) in [6, 6.07) is 26.7. The van der Waals surface area contributed by atoms with Gasteiger partial charge in [0.05, 0.1) is 25.0 Å². The van der Waals surface area contributed by atoms with Crippen molar-refractivity contribution >= 4 is 22.7 Å². The molecule has 2 heterocycles. The van der Waals surface area contributed by atoms with Crippen molar-refractivity contribution in [3.63, 3.8) is 0 Å². The van der Waals surface area contributed by atoms with E-state index in [0.29, 0.717) is 22.6 Å². The van der Waals surface area contributed by atoms with Crippen LogP contribution in [-0.2, 0) is 19.1 Å². The second-order valence-corrected chi connectivity index (χ2v) is 9.94. The van der Waals surface area contributed by atoms with Gasteiger partial charge in [-0.25, -0.2) is 9.59 Å². The molecular weight excluding hydrogens is 532 g/mol. The van der Waals surface area contributed by atoms with Gasteiger partial charge >= 0.3 is 11.9 Å². The lowest BCUT2D eigenvalue weighted by Crippen LogP contribution is -2.29. The lowest BCUT2D eigenvalue weighted by molar-refractivity contribution is -0.140. The van der Waals surface area contributed by atoms with Crippen LogP contribution in [0.4, 0.5) is 0 Å². The molecule has 0 aromatic heterocycles. The van der Waals surface area contributed by atoms with Crippen molar-refractivity contribution in [2.24, 2.45) is 11.5 Å². The van der Waals surface area contributed by atoms with E-state index in [-0.39, 0.29) is 36.1 Å². The Bertz CT molecular complexity index is 1640. The van der Waals surface area contributed by atoms with Crippen LogP contribution in [0.3, 0.4) is 0 Å². The van der Waals surface area contributed by atoms with Crippen molar-refractivity contribution in [2.45, 2.75) is 25.7 Å². The zero-order chi connectivity index (χ0) is 29.4. The van der Waals surface area contributed by atoms with Crippen molar-refractivity contribution in [1.29, 1.82) is 0 Å². The molecule has 4 N–H and O–H groups in total. The van der Waals surface area contributed by atoms with E-state index < -0.39 is 23.8 Å². The topological polar surface area (TPSA) is 123 Å². The Morgan fingerprint density at radius 2 is 1.05 bits per heavy atom. The number of hydrogen-bond acceptors (Lipinski definition) is 8. The minimum atomic E-state index is -0.630. The van der Waals surface area contributed by atoms with Gasteiger partial charge in [0.2, 0.25) is 11.8 Å². The fourth-order valence-electron chi connectivity index (χ4n) is 5.92. The number of carbonyl (C=O) groups is 2. The van der Waals surface area contributed by atoms with Gasteiger partial charge in [-0.3, -0.25) is 0 Å². The van der Waals surface area contributed by atoms with E-state index in [1.165, 1.54) is 0 Å². The van der Waals surface area contributed by atoms with Gasteiger partial charge in [-0.2, -0.15) is 0 Å². The Morgan fingerprint density at radius 3 is 1.43 bits per heavy atom. The van der Waals surface area contributed by atoms with Crippen LogP contribution in [0.15, 0.2) is 108 Å². The standard InChI is InChI=1S/C34H30N2O6/c1-3-39-33(37)29-25(19-11-7-5-8-12-19)27-22(41-31(29)35)17-15-21-16-18-23-28(24(21)27)26(20-13-9-6-10-14-20)30(32(36)42-23)34(38)40-4-2/h5-18,25-26H,3-4,35-36H2,1-2H3. The van der Waals surface area contributed by atoms with Gasteiger partial charge in [0, 0.05) is 11.1 Å². The Kier molecular flexibility index (Phi) is 7.04. The van der Waals surface area contributed by atoms with Crippen molar-refractivity contribution in [3.05, 3.63) is 130 Å². The summed E-state index contributed by atoms with van der Waals surface area (Å²) >= 11 is 0. The molecular formula is C34H30N2O6. The number of nitrogens with two attached hydrogens (primary N) is 2. The van der Waals surface area contributed by atoms with Crippen molar-refractivity contribution in [2.75, 3.05) is 13.2 Å². The molecule has 2 aliphatic heterocycles. The van der Waals surface area contributed by atoms with E-state index in [2.05, 4.69) is 0 Å². The third-order valence-electron chi connectivity index (χ3n) is 7.57. The van der Waals surface area contributed by atoms with Crippen molar-refractivity contribution in [1.82, 2.24) is 0 Å². The number of hydrogen-bond donors (Lipinski definition) is 2. The predicted octanol–water partition coefficient (Wildman–Crippen LogP) is 5.36. The minimum absolute atomic E-state index is 0.0221. The molecule has 0 aliphatic carbocycles. The summed E-state index contributed by atoms with van der Waals surface area (Å²) in [5, 5.41) is 1.62. The average molecular weight is 563 g/mol. The SMILES string of the molecule is CCOC(=O)C1=C(N)Oc2ccc3ccc4c(c3c2C1c1ccccc1)C(c1ccccc1)C(C(=O)OCC)=C(N)O4. The largest absolute Gasteiger partial charge is 0.462 e. The zero-order valence-electron chi connectivity index (χ0n) is 23.3. The number of fused-ring (bicyclic) bond motifs is 5. The smallest absolute Gasteiger partial charge is 0.340 e. The Balaban J connectivity index is 1.71. The Hall–Kier alpha value is -5.24. The quantitative estimate of drug-likeness (QED) is 0.301. The minimum Gasteiger partial charge on any atom is -0.462 e. The van der Waals surface area contributed by atoms with Gasteiger partial charge in [0.25, 0.3) is 0 Å². The van der Waals surface area contributed by atoms with Gasteiger partial charge < -0.3 is 30.4 Å².